The molecule has 21 heavy (non-hydrogen) atoms. The van der Waals surface area contributed by atoms with Crippen molar-refractivity contribution in [3.05, 3.63) is 58.3 Å². The molecular weight excluding hydrogens is 332 g/mol. The summed E-state index contributed by atoms with van der Waals surface area (Å²) >= 11 is 3.39. The van der Waals surface area contributed by atoms with Crippen molar-refractivity contribution in [2.24, 2.45) is 5.73 Å². The Bertz CT molecular complexity index is 633. The van der Waals surface area contributed by atoms with Gasteiger partial charge in [0.1, 0.15) is 0 Å². The summed E-state index contributed by atoms with van der Waals surface area (Å²) < 4.78 is 0.901. The van der Waals surface area contributed by atoms with Gasteiger partial charge in [0.25, 0.3) is 0 Å². The minimum absolute atomic E-state index is 0.168. The number of benzene rings is 1. The molecule has 0 unspecified atom stereocenters. The molecule has 5 nitrogen and oxygen atoms in total. The highest BCUT2D eigenvalue weighted by molar-refractivity contribution is 9.10. The molecule has 4 N–H and O–H groups in total. The lowest BCUT2D eigenvalue weighted by atomic mass is 10.1. The van der Waals surface area contributed by atoms with Gasteiger partial charge in [0, 0.05) is 35.6 Å². The number of hydrogen-bond donors (Lipinski definition) is 2. The Morgan fingerprint density at radius 2 is 2.00 bits per heavy atom. The number of nitrogens with zero attached hydrogens (tertiary/aromatic N) is 2. The second kappa shape index (κ2) is 7.19. The Balaban J connectivity index is 2.15. The summed E-state index contributed by atoms with van der Waals surface area (Å²) in [5.41, 5.74) is 14.0. The fourth-order valence-electron chi connectivity index (χ4n) is 2.11. The Morgan fingerprint density at radius 3 is 2.67 bits per heavy atom. The standard InChI is InChI=1S/C15H17BrN4O/c16-13-5-11(6-19-7-13)8-20(10-15(18)21)9-12-3-1-2-4-14(12)17/h1-7H,8-10,17H2,(H2,18,21). The van der Waals surface area contributed by atoms with Crippen molar-refractivity contribution in [3.8, 4) is 0 Å². The lowest BCUT2D eigenvalue weighted by molar-refractivity contribution is -0.119. The van der Waals surface area contributed by atoms with E-state index in [1.165, 1.54) is 0 Å². The predicted octanol–water partition coefficient (Wildman–Crippen LogP) is 1.91. The SMILES string of the molecule is NC(=O)CN(Cc1cncc(Br)c1)Cc1ccccc1N. The first-order valence-electron chi connectivity index (χ1n) is 6.48. The van der Waals surface area contributed by atoms with E-state index in [1.54, 1.807) is 12.4 Å². The lowest BCUT2D eigenvalue weighted by Crippen LogP contribution is -2.33. The topological polar surface area (TPSA) is 85.2 Å². The Hall–Kier alpha value is -1.92. The molecule has 0 saturated carbocycles. The van der Waals surface area contributed by atoms with Crippen LogP contribution in [0.3, 0.4) is 0 Å². The fourth-order valence-corrected chi connectivity index (χ4v) is 2.52. The highest BCUT2D eigenvalue weighted by atomic mass is 79.9. The largest absolute Gasteiger partial charge is 0.398 e. The number of aromatic nitrogens is 1. The normalized spacial score (nSPS) is 10.8. The number of nitrogens with two attached hydrogens (primary N) is 2. The second-order valence-electron chi connectivity index (χ2n) is 4.82. The summed E-state index contributed by atoms with van der Waals surface area (Å²) in [6.45, 7) is 1.30. The molecule has 1 heterocycles. The quantitative estimate of drug-likeness (QED) is 0.781. The van der Waals surface area contributed by atoms with Crippen LogP contribution in [0.4, 0.5) is 5.69 Å². The zero-order chi connectivity index (χ0) is 15.2. The molecule has 0 aliphatic rings. The predicted molar refractivity (Wildman–Crippen MR) is 86.1 cm³/mol. The van der Waals surface area contributed by atoms with E-state index in [1.807, 2.05) is 35.2 Å². The van der Waals surface area contributed by atoms with Crippen molar-refractivity contribution in [2.75, 3.05) is 12.3 Å². The average molecular weight is 349 g/mol. The molecule has 0 aliphatic heterocycles. The van der Waals surface area contributed by atoms with Gasteiger partial charge < -0.3 is 11.5 Å². The van der Waals surface area contributed by atoms with Gasteiger partial charge in [0.05, 0.1) is 6.54 Å². The van der Waals surface area contributed by atoms with Crippen molar-refractivity contribution >= 4 is 27.5 Å². The van der Waals surface area contributed by atoms with Gasteiger partial charge in [-0.25, -0.2) is 0 Å². The van der Waals surface area contributed by atoms with E-state index >= 15 is 0 Å². The zero-order valence-corrected chi connectivity index (χ0v) is 13.1. The minimum atomic E-state index is -0.368. The van der Waals surface area contributed by atoms with Crippen molar-refractivity contribution in [3.63, 3.8) is 0 Å². The van der Waals surface area contributed by atoms with Crippen LogP contribution in [-0.4, -0.2) is 22.3 Å². The van der Waals surface area contributed by atoms with Crippen LogP contribution in [0.15, 0.2) is 47.2 Å². The van der Waals surface area contributed by atoms with Crippen LogP contribution in [-0.2, 0) is 17.9 Å². The van der Waals surface area contributed by atoms with Crippen LogP contribution in [0.1, 0.15) is 11.1 Å². The molecule has 1 amide bonds. The summed E-state index contributed by atoms with van der Waals surface area (Å²) in [5, 5.41) is 0. The maximum absolute atomic E-state index is 11.3. The van der Waals surface area contributed by atoms with Crippen LogP contribution in [0, 0.1) is 0 Å². The van der Waals surface area contributed by atoms with E-state index < -0.39 is 0 Å². The Morgan fingerprint density at radius 1 is 1.24 bits per heavy atom. The summed E-state index contributed by atoms with van der Waals surface area (Å²) in [4.78, 5) is 17.3. The first-order valence-corrected chi connectivity index (χ1v) is 7.27. The third-order valence-electron chi connectivity index (χ3n) is 3.00. The first kappa shape index (κ1) is 15.5. The molecule has 110 valence electrons. The van der Waals surface area contributed by atoms with Crippen LogP contribution >= 0.6 is 15.9 Å². The molecule has 1 aromatic carbocycles. The maximum Gasteiger partial charge on any atom is 0.231 e. The number of nitrogen functional groups attached to an aromatic ring is 1. The Labute approximate surface area is 132 Å². The molecule has 2 rings (SSSR count). The number of halogens is 1. The highest BCUT2D eigenvalue weighted by Gasteiger charge is 2.12. The van der Waals surface area contributed by atoms with Gasteiger partial charge in [-0.05, 0) is 39.2 Å². The first-order chi connectivity index (χ1) is 10.0. The van der Waals surface area contributed by atoms with E-state index in [0.29, 0.717) is 18.8 Å². The average Bonchev–Trinajstić information content (AvgIpc) is 2.40. The van der Waals surface area contributed by atoms with Crippen LogP contribution in [0.25, 0.3) is 0 Å². The van der Waals surface area contributed by atoms with E-state index in [4.69, 9.17) is 11.5 Å². The zero-order valence-electron chi connectivity index (χ0n) is 11.5. The van der Waals surface area contributed by atoms with E-state index in [-0.39, 0.29) is 12.5 Å². The van der Waals surface area contributed by atoms with Gasteiger partial charge in [-0.1, -0.05) is 18.2 Å². The van der Waals surface area contributed by atoms with Crippen LogP contribution in [0.5, 0.6) is 0 Å². The summed E-state index contributed by atoms with van der Waals surface area (Å²) in [7, 11) is 0. The van der Waals surface area contributed by atoms with Crippen molar-refractivity contribution in [1.82, 2.24) is 9.88 Å². The van der Waals surface area contributed by atoms with E-state index in [2.05, 4.69) is 20.9 Å². The molecular formula is C15H17BrN4O. The number of rotatable bonds is 6. The molecule has 2 aromatic rings. The highest BCUT2D eigenvalue weighted by Crippen LogP contribution is 2.16. The molecule has 0 spiro atoms. The van der Waals surface area contributed by atoms with Gasteiger partial charge in [0.2, 0.25) is 5.91 Å². The number of carbonyl (C=O) groups is 1. The molecule has 0 saturated heterocycles. The number of anilines is 1. The number of hydrogen-bond acceptors (Lipinski definition) is 4. The van der Waals surface area contributed by atoms with Gasteiger partial charge in [-0.15, -0.1) is 0 Å². The third kappa shape index (κ3) is 4.84. The van der Waals surface area contributed by atoms with Crippen molar-refractivity contribution in [2.45, 2.75) is 13.1 Å². The number of pyridine rings is 1. The number of primary amides is 1. The molecule has 0 fully saturated rings. The van der Waals surface area contributed by atoms with Gasteiger partial charge in [0.15, 0.2) is 0 Å². The number of para-hydroxylation sites is 1. The molecule has 0 bridgehead atoms. The van der Waals surface area contributed by atoms with Crippen LogP contribution in [0.2, 0.25) is 0 Å². The number of amides is 1. The number of carbonyl (C=O) groups excluding carboxylic acids is 1. The van der Waals surface area contributed by atoms with Gasteiger partial charge in [-0.3, -0.25) is 14.7 Å². The van der Waals surface area contributed by atoms with Crippen LogP contribution < -0.4 is 11.5 Å². The molecule has 1 aromatic heterocycles. The molecule has 0 aliphatic carbocycles. The third-order valence-corrected chi connectivity index (χ3v) is 3.43. The van der Waals surface area contributed by atoms with Gasteiger partial charge >= 0.3 is 0 Å². The Kier molecular flexibility index (Phi) is 5.30. The summed E-state index contributed by atoms with van der Waals surface area (Å²) in [5.74, 6) is -0.368. The molecule has 0 atom stereocenters. The maximum atomic E-state index is 11.3. The monoisotopic (exact) mass is 348 g/mol. The molecule has 0 radical (unpaired) electrons. The van der Waals surface area contributed by atoms with Gasteiger partial charge in [-0.2, -0.15) is 0 Å². The second-order valence-corrected chi connectivity index (χ2v) is 5.74. The van der Waals surface area contributed by atoms with Crippen molar-refractivity contribution < 1.29 is 4.79 Å². The smallest absolute Gasteiger partial charge is 0.231 e. The lowest BCUT2D eigenvalue weighted by Gasteiger charge is -2.21. The minimum Gasteiger partial charge on any atom is -0.398 e. The van der Waals surface area contributed by atoms with Crippen molar-refractivity contribution in [1.29, 1.82) is 0 Å². The van der Waals surface area contributed by atoms with E-state index in [9.17, 15) is 4.79 Å². The fraction of sp³-hybridized carbons (Fsp3) is 0.200. The van der Waals surface area contributed by atoms with E-state index in [0.717, 1.165) is 15.6 Å². The molecule has 6 heteroatoms. The summed E-state index contributed by atoms with van der Waals surface area (Å²) in [6, 6.07) is 9.57. The summed E-state index contributed by atoms with van der Waals surface area (Å²) in [6.07, 6.45) is 3.49.